The normalized spacial score (nSPS) is 24.9. The van der Waals surface area contributed by atoms with E-state index in [0.717, 1.165) is 25.5 Å². The van der Waals surface area contributed by atoms with Crippen molar-refractivity contribution < 1.29 is 4.79 Å². The predicted molar refractivity (Wildman–Crippen MR) is 72.5 cm³/mol. The van der Waals surface area contributed by atoms with E-state index in [9.17, 15) is 4.79 Å². The topological polar surface area (TPSA) is 56.7 Å². The Hall–Kier alpha value is -1.26. The molecule has 1 atom stereocenters. The molecule has 5 nitrogen and oxygen atoms in total. The standard InChI is InChI=1S/C13H24N4O/c1-3-12(18)17-8-7-11(9-17)16-13(14-2)15-10-5-4-6-10/h10-11H,3-9H2,1-2H3,(H2,14,15,16). The third-order valence-electron chi connectivity index (χ3n) is 3.85. The summed E-state index contributed by atoms with van der Waals surface area (Å²) in [6.07, 6.45) is 5.41. The van der Waals surface area contributed by atoms with E-state index in [1.807, 2.05) is 11.8 Å². The zero-order valence-corrected chi connectivity index (χ0v) is 11.4. The molecular formula is C13H24N4O. The molecule has 1 aliphatic heterocycles. The van der Waals surface area contributed by atoms with Crippen LogP contribution in [0.3, 0.4) is 0 Å². The maximum absolute atomic E-state index is 11.6. The Labute approximate surface area is 109 Å². The zero-order chi connectivity index (χ0) is 13.0. The van der Waals surface area contributed by atoms with Gasteiger partial charge in [-0.2, -0.15) is 0 Å². The van der Waals surface area contributed by atoms with Gasteiger partial charge in [-0.3, -0.25) is 9.79 Å². The Morgan fingerprint density at radius 3 is 2.56 bits per heavy atom. The molecule has 18 heavy (non-hydrogen) atoms. The van der Waals surface area contributed by atoms with Crippen LogP contribution in [-0.2, 0) is 4.79 Å². The first-order chi connectivity index (χ1) is 8.72. The van der Waals surface area contributed by atoms with Crippen molar-refractivity contribution in [2.75, 3.05) is 20.1 Å². The van der Waals surface area contributed by atoms with Gasteiger partial charge in [0.1, 0.15) is 0 Å². The van der Waals surface area contributed by atoms with E-state index in [-0.39, 0.29) is 5.91 Å². The molecule has 1 saturated carbocycles. The summed E-state index contributed by atoms with van der Waals surface area (Å²) in [4.78, 5) is 17.8. The summed E-state index contributed by atoms with van der Waals surface area (Å²) in [6, 6.07) is 0.928. The van der Waals surface area contributed by atoms with E-state index in [4.69, 9.17) is 0 Å². The van der Waals surface area contributed by atoms with Crippen LogP contribution in [0.15, 0.2) is 4.99 Å². The van der Waals surface area contributed by atoms with Crippen LogP contribution in [0.5, 0.6) is 0 Å². The molecule has 102 valence electrons. The summed E-state index contributed by atoms with van der Waals surface area (Å²) in [5.74, 6) is 1.14. The highest BCUT2D eigenvalue weighted by atomic mass is 16.2. The fourth-order valence-electron chi connectivity index (χ4n) is 2.44. The van der Waals surface area contributed by atoms with Crippen LogP contribution in [0.25, 0.3) is 0 Å². The number of likely N-dealkylation sites (tertiary alicyclic amines) is 1. The van der Waals surface area contributed by atoms with E-state index < -0.39 is 0 Å². The Morgan fingerprint density at radius 1 is 1.28 bits per heavy atom. The van der Waals surface area contributed by atoms with E-state index in [1.165, 1.54) is 19.3 Å². The molecule has 0 spiro atoms. The number of nitrogens with one attached hydrogen (secondary N) is 2. The van der Waals surface area contributed by atoms with E-state index in [0.29, 0.717) is 18.5 Å². The van der Waals surface area contributed by atoms with Crippen molar-refractivity contribution in [3.05, 3.63) is 0 Å². The van der Waals surface area contributed by atoms with Crippen molar-refractivity contribution in [2.24, 2.45) is 4.99 Å². The van der Waals surface area contributed by atoms with Gasteiger partial charge in [-0.15, -0.1) is 0 Å². The summed E-state index contributed by atoms with van der Waals surface area (Å²) >= 11 is 0. The molecule has 0 aromatic heterocycles. The highest BCUT2D eigenvalue weighted by Gasteiger charge is 2.26. The van der Waals surface area contributed by atoms with Gasteiger partial charge in [-0.25, -0.2) is 0 Å². The van der Waals surface area contributed by atoms with E-state index in [2.05, 4.69) is 15.6 Å². The first-order valence-corrected chi connectivity index (χ1v) is 7.00. The maximum Gasteiger partial charge on any atom is 0.222 e. The smallest absolute Gasteiger partial charge is 0.222 e. The van der Waals surface area contributed by atoms with Gasteiger partial charge in [-0.1, -0.05) is 6.92 Å². The molecule has 1 heterocycles. The minimum Gasteiger partial charge on any atom is -0.354 e. The van der Waals surface area contributed by atoms with Crippen LogP contribution in [0.4, 0.5) is 0 Å². The zero-order valence-electron chi connectivity index (χ0n) is 11.4. The lowest BCUT2D eigenvalue weighted by molar-refractivity contribution is -0.129. The highest BCUT2D eigenvalue weighted by molar-refractivity contribution is 5.81. The van der Waals surface area contributed by atoms with Crippen LogP contribution in [-0.4, -0.2) is 49.0 Å². The number of hydrogen-bond acceptors (Lipinski definition) is 2. The second-order valence-electron chi connectivity index (χ2n) is 5.17. The number of amides is 1. The number of nitrogens with zero attached hydrogens (tertiary/aromatic N) is 2. The summed E-state index contributed by atoms with van der Waals surface area (Å²) in [5.41, 5.74) is 0. The Balaban J connectivity index is 1.77. The van der Waals surface area contributed by atoms with Crippen LogP contribution >= 0.6 is 0 Å². The van der Waals surface area contributed by atoms with Crippen molar-refractivity contribution in [2.45, 2.75) is 51.1 Å². The molecule has 1 amide bonds. The molecule has 0 aromatic rings. The lowest BCUT2D eigenvalue weighted by Gasteiger charge is -2.29. The van der Waals surface area contributed by atoms with Crippen LogP contribution in [0.1, 0.15) is 39.0 Å². The first kappa shape index (κ1) is 13.2. The van der Waals surface area contributed by atoms with Gasteiger partial charge in [0.25, 0.3) is 0 Å². The summed E-state index contributed by atoms with van der Waals surface area (Å²) in [6.45, 7) is 3.59. The number of aliphatic imine (C=N–C) groups is 1. The summed E-state index contributed by atoms with van der Waals surface area (Å²) in [5, 5.41) is 6.84. The average molecular weight is 252 g/mol. The molecule has 2 N–H and O–H groups in total. The quantitative estimate of drug-likeness (QED) is 0.575. The largest absolute Gasteiger partial charge is 0.354 e. The summed E-state index contributed by atoms with van der Waals surface area (Å²) in [7, 11) is 1.80. The molecule has 0 radical (unpaired) electrons. The fraction of sp³-hybridized carbons (Fsp3) is 0.846. The lowest BCUT2D eigenvalue weighted by atomic mass is 9.93. The third-order valence-corrected chi connectivity index (χ3v) is 3.85. The van der Waals surface area contributed by atoms with Crippen LogP contribution in [0, 0.1) is 0 Å². The van der Waals surface area contributed by atoms with Crippen LogP contribution < -0.4 is 10.6 Å². The number of carbonyl (C=O) groups excluding carboxylic acids is 1. The van der Waals surface area contributed by atoms with Crippen molar-refractivity contribution in [1.82, 2.24) is 15.5 Å². The van der Waals surface area contributed by atoms with Gasteiger partial charge in [0, 0.05) is 38.6 Å². The second-order valence-corrected chi connectivity index (χ2v) is 5.17. The Bertz CT molecular complexity index is 325. The molecule has 5 heteroatoms. The lowest BCUT2D eigenvalue weighted by Crippen LogP contribution is -2.50. The van der Waals surface area contributed by atoms with Gasteiger partial charge in [0.2, 0.25) is 5.91 Å². The molecule has 1 aliphatic carbocycles. The molecule has 1 unspecified atom stereocenters. The molecule has 1 saturated heterocycles. The van der Waals surface area contributed by atoms with E-state index in [1.54, 1.807) is 7.05 Å². The van der Waals surface area contributed by atoms with Gasteiger partial charge < -0.3 is 15.5 Å². The minimum absolute atomic E-state index is 0.251. The van der Waals surface area contributed by atoms with Gasteiger partial charge in [-0.05, 0) is 25.7 Å². The monoisotopic (exact) mass is 252 g/mol. The van der Waals surface area contributed by atoms with Crippen molar-refractivity contribution in [3.8, 4) is 0 Å². The molecule has 2 aliphatic rings. The molecule has 2 fully saturated rings. The third kappa shape index (κ3) is 3.15. The second kappa shape index (κ2) is 6.07. The van der Waals surface area contributed by atoms with Crippen molar-refractivity contribution in [1.29, 1.82) is 0 Å². The number of guanidine groups is 1. The first-order valence-electron chi connectivity index (χ1n) is 7.00. The molecule has 0 aromatic carbocycles. The molecule has 0 bridgehead atoms. The number of rotatable bonds is 3. The van der Waals surface area contributed by atoms with Gasteiger partial charge >= 0.3 is 0 Å². The number of carbonyl (C=O) groups is 1. The number of hydrogen-bond donors (Lipinski definition) is 2. The predicted octanol–water partition coefficient (Wildman–Crippen LogP) is 0.715. The Morgan fingerprint density at radius 2 is 2.00 bits per heavy atom. The van der Waals surface area contributed by atoms with Gasteiger partial charge in [0.05, 0.1) is 0 Å². The fourth-order valence-corrected chi connectivity index (χ4v) is 2.44. The highest BCUT2D eigenvalue weighted by Crippen LogP contribution is 2.18. The molecule has 2 rings (SSSR count). The van der Waals surface area contributed by atoms with Crippen LogP contribution in [0.2, 0.25) is 0 Å². The van der Waals surface area contributed by atoms with Crippen molar-refractivity contribution >= 4 is 11.9 Å². The SMILES string of the molecule is CCC(=O)N1CCC(NC(=NC)NC2CCC2)C1. The summed E-state index contributed by atoms with van der Waals surface area (Å²) < 4.78 is 0. The minimum atomic E-state index is 0.251. The molecular weight excluding hydrogens is 228 g/mol. The maximum atomic E-state index is 11.6. The average Bonchev–Trinajstić information content (AvgIpc) is 2.79. The van der Waals surface area contributed by atoms with E-state index >= 15 is 0 Å². The van der Waals surface area contributed by atoms with Gasteiger partial charge in [0.15, 0.2) is 5.96 Å². The Kier molecular flexibility index (Phi) is 4.44. The van der Waals surface area contributed by atoms with Crippen molar-refractivity contribution in [3.63, 3.8) is 0 Å².